The fourth-order valence-corrected chi connectivity index (χ4v) is 4.45. The Morgan fingerprint density at radius 2 is 1.66 bits per heavy atom. The average Bonchev–Trinajstić information content (AvgIpc) is 3.21. The first-order valence-corrected chi connectivity index (χ1v) is 11.3. The van der Waals surface area contributed by atoms with Gasteiger partial charge in [-0.2, -0.15) is 15.8 Å². The minimum absolute atomic E-state index is 0.0326. The Morgan fingerprint density at radius 1 is 1.00 bits per heavy atom. The van der Waals surface area contributed by atoms with Crippen LogP contribution < -0.4 is 4.90 Å². The summed E-state index contributed by atoms with van der Waals surface area (Å²) in [5.74, 6) is 0.0326. The van der Waals surface area contributed by atoms with Gasteiger partial charge in [0.25, 0.3) is 0 Å². The Hall–Kier alpha value is -4.31. The molecular formula is C29H28N4O2. The largest absolute Gasteiger partial charge is 0.480 e. The molecule has 6 heteroatoms. The molecule has 176 valence electrons. The van der Waals surface area contributed by atoms with Gasteiger partial charge in [0.2, 0.25) is 0 Å². The Kier molecular flexibility index (Phi) is 7.46. The molecule has 1 aromatic carbocycles. The van der Waals surface area contributed by atoms with Crippen molar-refractivity contribution >= 4 is 5.69 Å². The molecule has 2 heterocycles. The van der Waals surface area contributed by atoms with Crippen LogP contribution in [0.25, 0.3) is 0 Å². The van der Waals surface area contributed by atoms with E-state index < -0.39 is 5.60 Å². The molecule has 6 nitrogen and oxygen atoms in total. The number of benzene rings is 1. The zero-order valence-electron chi connectivity index (χ0n) is 20.4. The van der Waals surface area contributed by atoms with E-state index in [4.69, 9.17) is 15.3 Å². The molecule has 0 saturated carbocycles. The lowest BCUT2D eigenvalue weighted by Crippen LogP contribution is -2.28. The number of β-amino-alcohol motifs (C(OH)–C–C–N with tert-alkyl or cyclic N) is 1. The standard InChI is InChI=1S/C29H28N4O2/c1-28(2)24-13-10-11-14-25(24)33(16-17-34)26(28)15-9-7-5-6-8-12-23-22(20-32)27(21(18-30)19-31)35-29(23,3)4/h5-15,34H,16-17H2,1-4H3/b6-5+,9-7+,12-8+,26-15+. The topological polar surface area (TPSA) is 104 Å². The summed E-state index contributed by atoms with van der Waals surface area (Å²) in [5.41, 5.74) is 3.07. The van der Waals surface area contributed by atoms with Crippen molar-refractivity contribution < 1.29 is 9.84 Å². The van der Waals surface area contributed by atoms with Gasteiger partial charge in [-0.3, -0.25) is 0 Å². The Morgan fingerprint density at radius 3 is 2.31 bits per heavy atom. The van der Waals surface area contributed by atoms with Crippen molar-refractivity contribution in [1.82, 2.24) is 0 Å². The van der Waals surface area contributed by atoms with Crippen LogP contribution in [-0.2, 0) is 10.2 Å². The van der Waals surface area contributed by atoms with Crippen LogP contribution in [0.5, 0.6) is 0 Å². The van der Waals surface area contributed by atoms with E-state index in [1.165, 1.54) is 5.56 Å². The molecule has 0 bridgehead atoms. The van der Waals surface area contributed by atoms with Crippen LogP contribution in [0.3, 0.4) is 0 Å². The zero-order chi connectivity index (χ0) is 25.6. The lowest BCUT2D eigenvalue weighted by atomic mass is 9.84. The number of anilines is 1. The zero-order valence-corrected chi connectivity index (χ0v) is 20.4. The van der Waals surface area contributed by atoms with E-state index in [1.54, 1.807) is 38.1 Å². The first-order valence-electron chi connectivity index (χ1n) is 11.3. The molecule has 0 atom stereocenters. The molecule has 35 heavy (non-hydrogen) atoms. The molecule has 1 N–H and O–H groups in total. The summed E-state index contributed by atoms with van der Waals surface area (Å²) >= 11 is 0. The maximum absolute atomic E-state index is 9.59. The molecule has 1 aromatic rings. The smallest absolute Gasteiger partial charge is 0.172 e. The van der Waals surface area contributed by atoms with Gasteiger partial charge >= 0.3 is 0 Å². The van der Waals surface area contributed by atoms with E-state index >= 15 is 0 Å². The third-order valence-electron chi connectivity index (χ3n) is 6.15. The summed E-state index contributed by atoms with van der Waals surface area (Å²) < 4.78 is 5.76. The minimum atomic E-state index is -0.830. The van der Waals surface area contributed by atoms with Gasteiger partial charge in [-0.15, -0.1) is 0 Å². The predicted octanol–water partition coefficient (Wildman–Crippen LogP) is 5.26. The van der Waals surface area contributed by atoms with E-state index in [0.717, 1.165) is 11.4 Å². The second kappa shape index (κ2) is 10.3. The van der Waals surface area contributed by atoms with Gasteiger partial charge in [0, 0.05) is 28.9 Å². The van der Waals surface area contributed by atoms with Crippen molar-refractivity contribution in [3.05, 3.63) is 101 Å². The van der Waals surface area contributed by atoms with Crippen LogP contribution in [0.15, 0.2) is 95.0 Å². The van der Waals surface area contributed by atoms with Crippen LogP contribution >= 0.6 is 0 Å². The van der Waals surface area contributed by atoms with Gasteiger partial charge in [-0.05, 0) is 31.6 Å². The van der Waals surface area contributed by atoms with Crippen molar-refractivity contribution in [2.24, 2.45) is 0 Å². The molecule has 0 unspecified atom stereocenters. The first-order chi connectivity index (χ1) is 16.7. The molecule has 0 aromatic heterocycles. The molecule has 3 rings (SSSR count). The molecule has 2 aliphatic heterocycles. The van der Waals surface area contributed by atoms with E-state index in [0.29, 0.717) is 12.1 Å². The molecule has 2 aliphatic rings. The highest BCUT2D eigenvalue weighted by Gasteiger charge is 2.39. The fraction of sp³-hybridized carbons (Fsp3) is 0.276. The molecule has 0 spiro atoms. The highest BCUT2D eigenvalue weighted by Crippen LogP contribution is 2.47. The number of para-hydroxylation sites is 1. The number of hydrogen-bond donors (Lipinski definition) is 1. The molecular weight excluding hydrogens is 436 g/mol. The van der Waals surface area contributed by atoms with Crippen molar-refractivity contribution in [1.29, 1.82) is 15.8 Å². The van der Waals surface area contributed by atoms with Gasteiger partial charge in [-0.1, -0.05) is 68.5 Å². The normalized spacial score (nSPS) is 19.3. The average molecular weight is 465 g/mol. The Labute approximate surface area is 207 Å². The highest BCUT2D eigenvalue weighted by molar-refractivity contribution is 5.70. The maximum atomic E-state index is 9.59. The number of nitrogens with zero attached hydrogens (tertiary/aromatic N) is 4. The number of aliphatic hydroxyl groups is 1. The first kappa shape index (κ1) is 25.3. The van der Waals surface area contributed by atoms with Crippen LogP contribution in [0.1, 0.15) is 33.3 Å². The summed E-state index contributed by atoms with van der Waals surface area (Å²) in [6.45, 7) is 8.54. The van der Waals surface area contributed by atoms with Crippen LogP contribution in [-0.4, -0.2) is 23.9 Å². The van der Waals surface area contributed by atoms with Crippen molar-refractivity contribution in [2.75, 3.05) is 18.1 Å². The molecule has 0 aliphatic carbocycles. The second-order valence-electron chi connectivity index (χ2n) is 9.14. The van der Waals surface area contributed by atoms with Crippen LogP contribution in [0.4, 0.5) is 5.69 Å². The number of ether oxygens (including phenoxy) is 1. The summed E-state index contributed by atoms with van der Waals surface area (Å²) in [5, 5.41) is 37.5. The van der Waals surface area contributed by atoms with Crippen molar-refractivity contribution in [3.8, 4) is 18.2 Å². The summed E-state index contributed by atoms with van der Waals surface area (Å²) in [7, 11) is 0. The lowest BCUT2D eigenvalue weighted by molar-refractivity contribution is 0.0954. The fourth-order valence-electron chi connectivity index (χ4n) is 4.45. The monoisotopic (exact) mass is 464 g/mol. The molecule has 0 radical (unpaired) electrons. The number of hydrogen-bond acceptors (Lipinski definition) is 6. The summed E-state index contributed by atoms with van der Waals surface area (Å²) in [6, 6.07) is 13.9. The van der Waals surface area contributed by atoms with Gasteiger partial charge in [-0.25, -0.2) is 0 Å². The Balaban J connectivity index is 1.80. The maximum Gasteiger partial charge on any atom is 0.172 e. The Bertz CT molecular complexity index is 1300. The van der Waals surface area contributed by atoms with Crippen LogP contribution in [0.2, 0.25) is 0 Å². The highest BCUT2D eigenvalue weighted by atomic mass is 16.5. The lowest BCUT2D eigenvalue weighted by Gasteiger charge is -2.26. The van der Waals surface area contributed by atoms with E-state index in [-0.39, 0.29) is 28.9 Å². The SMILES string of the molecule is CC1(C)OC(=C(C#N)C#N)C(C#N)=C1/C=C/C=C/C=C/C=C1/N(CCO)c2ccccc2C1(C)C. The molecule has 0 saturated heterocycles. The molecule has 0 fully saturated rings. The molecule has 0 amide bonds. The van der Waals surface area contributed by atoms with Crippen molar-refractivity contribution in [2.45, 2.75) is 38.7 Å². The van der Waals surface area contributed by atoms with E-state index in [9.17, 15) is 10.4 Å². The quantitative estimate of drug-likeness (QED) is 0.455. The van der Waals surface area contributed by atoms with Gasteiger partial charge in [0.15, 0.2) is 11.3 Å². The summed E-state index contributed by atoms with van der Waals surface area (Å²) in [6.07, 6.45) is 13.2. The van der Waals surface area contributed by atoms with E-state index in [1.807, 2.05) is 36.4 Å². The van der Waals surface area contributed by atoms with Gasteiger partial charge in [0.1, 0.15) is 29.4 Å². The third-order valence-corrected chi connectivity index (χ3v) is 6.15. The second-order valence-corrected chi connectivity index (χ2v) is 9.14. The number of allylic oxidation sites excluding steroid dienone is 9. The number of aliphatic hydroxyl groups excluding tert-OH is 1. The van der Waals surface area contributed by atoms with Gasteiger partial charge < -0.3 is 14.7 Å². The number of fused-ring (bicyclic) bond motifs is 1. The van der Waals surface area contributed by atoms with Gasteiger partial charge in [0.05, 0.1) is 6.61 Å². The number of rotatable bonds is 6. The third kappa shape index (κ3) is 4.82. The summed E-state index contributed by atoms with van der Waals surface area (Å²) in [4.78, 5) is 2.16. The van der Waals surface area contributed by atoms with Crippen LogP contribution in [0, 0.1) is 34.0 Å². The van der Waals surface area contributed by atoms with Crippen molar-refractivity contribution in [3.63, 3.8) is 0 Å². The number of nitriles is 3. The minimum Gasteiger partial charge on any atom is -0.480 e. The van der Waals surface area contributed by atoms with E-state index in [2.05, 4.69) is 43.0 Å². The predicted molar refractivity (Wildman–Crippen MR) is 135 cm³/mol.